The Morgan fingerprint density at radius 3 is 2.91 bits per heavy atom. The molecule has 23 heavy (non-hydrogen) atoms. The van der Waals surface area contributed by atoms with Crippen LogP contribution >= 0.6 is 11.3 Å². The van der Waals surface area contributed by atoms with Crippen molar-refractivity contribution in [2.75, 3.05) is 20.1 Å². The molecule has 1 aliphatic rings. The molecule has 5 heteroatoms. The number of pyridine rings is 1. The predicted octanol–water partition coefficient (Wildman–Crippen LogP) is 3.33. The lowest BCUT2D eigenvalue weighted by Gasteiger charge is -2.27. The van der Waals surface area contributed by atoms with Gasteiger partial charge >= 0.3 is 0 Å². The molecule has 0 aromatic carbocycles. The van der Waals surface area contributed by atoms with Gasteiger partial charge in [-0.25, -0.2) is 4.98 Å². The topological polar surface area (TPSA) is 32.3 Å². The Labute approximate surface area is 143 Å². The highest BCUT2D eigenvalue weighted by Gasteiger charge is 2.21. The van der Waals surface area contributed by atoms with Crippen LogP contribution in [-0.4, -0.2) is 45.9 Å². The second-order valence-electron chi connectivity index (χ2n) is 6.44. The van der Waals surface area contributed by atoms with E-state index in [0.717, 1.165) is 18.8 Å². The zero-order valence-electron chi connectivity index (χ0n) is 14.1. The molecule has 1 aliphatic heterocycles. The molecule has 0 radical (unpaired) electrons. The van der Waals surface area contributed by atoms with Gasteiger partial charge in [-0.15, -0.1) is 11.3 Å². The predicted molar refractivity (Wildman–Crippen MR) is 95.5 cm³/mol. The van der Waals surface area contributed by atoms with Crippen molar-refractivity contribution in [2.24, 2.45) is 0 Å². The Kier molecular flexibility index (Phi) is 5.75. The van der Waals surface area contributed by atoms with Crippen LogP contribution in [0, 0.1) is 6.92 Å². The highest BCUT2D eigenvalue weighted by Crippen LogP contribution is 2.20. The van der Waals surface area contributed by atoms with E-state index in [0.29, 0.717) is 6.04 Å². The van der Waals surface area contributed by atoms with Gasteiger partial charge in [-0.2, -0.15) is 0 Å². The van der Waals surface area contributed by atoms with E-state index in [4.69, 9.17) is 0 Å². The van der Waals surface area contributed by atoms with E-state index in [2.05, 4.69) is 45.9 Å². The first-order valence-electron chi connectivity index (χ1n) is 8.44. The third-order valence-electron chi connectivity index (χ3n) is 4.60. The van der Waals surface area contributed by atoms with Crippen molar-refractivity contribution in [3.8, 4) is 0 Å². The van der Waals surface area contributed by atoms with Gasteiger partial charge in [-0.3, -0.25) is 14.8 Å². The van der Waals surface area contributed by atoms with Gasteiger partial charge in [0.05, 0.1) is 10.7 Å². The molecular formula is C18H26N4S. The summed E-state index contributed by atoms with van der Waals surface area (Å²) >= 11 is 1.83. The molecule has 124 valence electrons. The number of nitrogens with zero attached hydrogens (tertiary/aromatic N) is 4. The SMILES string of the molecule is Cc1ncc(CN2CCCC(N(C)Cc3ccccn3)CC2)s1. The molecule has 0 N–H and O–H groups in total. The summed E-state index contributed by atoms with van der Waals surface area (Å²) < 4.78 is 0. The average Bonchev–Trinajstić information content (AvgIpc) is 2.82. The van der Waals surface area contributed by atoms with Crippen molar-refractivity contribution < 1.29 is 0 Å². The number of hydrogen-bond acceptors (Lipinski definition) is 5. The smallest absolute Gasteiger partial charge is 0.0897 e. The minimum Gasteiger partial charge on any atom is -0.298 e. The minimum atomic E-state index is 0.658. The monoisotopic (exact) mass is 330 g/mol. The van der Waals surface area contributed by atoms with Crippen LogP contribution in [0.15, 0.2) is 30.6 Å². The first-order valence-corrected chi connectivity index (χ1v) is 9.26. The van der Waals surface area contributed by atoms with E-state index in [1.54, 1.807) is 0 Å². The molecule has 1 fully saturated rings. The molecule has 0 saturated carbocycles. The molecule has 0 aliphatic carbocycles. The van der Waals surface area contributed by atoms with Crippen molar-refractivity contribution >= 4 is 11.3 Å². The molecule has 2 aromatic rings. The number of hydrogen-bond donors (Lipinski definition) is 0. The zero-order chi connectivity index (χ0) is 16.1. The lowest BCUT2D eigenvalue weighted by atomic mass is 10.1. The van der Waals surface area contributed by atoms with Crippen LogP contribution in [0.2, 0.25) is 0 Å². The molecule has 4 nitrogen and oxygen atoms in total. The maximum absolute atomic E-state index is 4.45. The number of thiazole rings is 1. The van der Waals surface area contributed by atoms with Crippen molar-refractivity contribution in [3.05, 3.63) is 46.2 Å². The number of aromatic nitrogens is 2. The molecule has 1 atom stereocenters. The molecule has 2 aromatic heterocycles. The highest BCUT2D eigenvalue weighted by molar-refractivity contribution is 7.11. The van der Waals surface area contributed by atoms with Crippen molar-refractivity contribution in [2.45, 2.75) is 45.3 Å². The molecular weight excluding hydrogens is 304 g/mol. The Morgan fingerprint density at radius 2 is 2.17 bits per heavy atom. The fraction of sp³-hybridized carbons (Fsp3) is 0.556. The number of likely N-dealkylation sites (tertiary alicyclic amines) is 1. The van der Waals surface area contributed by atoms with Gasteiger partial charge in [0, 0.05) is 42.9 Å². The van der Waals surface area contributed by atoms with E-state index < -0.39 is 0 Å². The summed E-state index contributed by atoms with van der Waals surface area (Å²) in [7, 11) is 2.24. The van der Waals surface area contributed by atoms with E-state index in [-0.39, 0.29) is 0 Å². The fourth-order valence-electron chi connectivity index (χ4n) is 3.31. The van der Waals surface area contributed by atoms with Gasteiger partial charge in [0.1, 0.15) is 0 Å². The Hall–Kier alpha value is -1.30. The molecule has 1 unspecified atom stereocenters. The molecule has 0 spiro atoms. The van der Waals surface area contributed by atoms with Crippen molar-refractivity contribution in [3.63, 3.8) is 0 Å². The number of aryl methyl sites for hydroxylation is 1. The Bertz CT molecular complexity index is 598. The summed E-state index contributed by atoms with van der Waals surface area (Å²) in [5, 5.41) is 1.17. The van der Waals surface area contributed by atoms with Crippen molar-refractivity contribution in [1.29, 1.82) is 0 Å². The largest absolute Gasteiger partial charge is 0.298 e. The van der Waals surface area contributed by atoms with E-state index in [1.807, 2.05) is 29.8 Å². The summed E-state index contributed by atoms with van der Waals surface area (Å²) in [5.74, 6) is 0. The van der Waals surface area contributed by atoms with E-state index in [9.17, 15) is 0 Å². The second kappa shape index (κ2) is 7.99. The van der Waals surface area contributed by atoms with Gasteiger partial charge in [-0.05, 0) is 51.9 Å². The highest BCUT2D eigenvalue weighted by atomic mass is 32.1. The third-order valence-corrected chi connectivity index (χ3v) is 5.50. The van der Waals surface area contributed by atoms with Gasteiger partial charge in [0.15, 0.2) is 0 Å². The summed E-state index contributed by atoms with van der Waals surface area (Å²) in [6.45, 7) is 6.46. The standard InChI is InChI=1S/C18H26N4S/c1-15-20-12-18(23-15)14-22-10-5-7-17(8-11-22)21(2)13-16-6-3-4-9-19-16/h3-4,6,9,12,17H,5,7-8,10-11,13-14H2,1-2H3. The molecule has 0 bridgehead atoms. The van der Waals surface area contributed by atoms with Crippen molar-refractivity contribution in [1.82, 2.24) is 19.8 Å². The summed E-state index contributed by atoms with van der Waals surface area (Å²) in [5.41, 5.74) is 1.16. The first-order chi connectivity index (χ1) is 11.2. The van der Waals surface area contributed by atoms with Crippen LogP contribution in [0.25, 0.3) is 0 Å². The maximum atomic E-state index is 4.45. The summed E-state index contributed by atoms with van der Waals surface area (Å²) in [4.78, 5) is 15.3. The van der Waals surface area contributed by atoms with Crippen LogP contribution in [-0.2, 0) is 13.1 Å². The molecule has 3 heterocycles. The summed E-state index contributed by atoms with van der Waals surface area (Å²) in [6, 6.07) is 6.83. The van der Waals surface area contributed by atoms with Gasteiger partial charge in [0.25, 0.3) is 0 Å². The molecule has 0 amide bonds. The molecule has 1 saturated heterocycles. The third kappa shape index (κ3) is 4.83. The lowest BCUT2D eigenvalue weighted by Crippen LogP contribution is -2.32. The van der Waals surface area contributed by atoms with E-state index in [1.165, 1.54) is 42.2 Å². The zero-order valence-corrected chi connectivity index (χ0v) is 14.9. The number of rotatable bonds is 5. The Morgan fingerprint density at radius 1 is 1.26 bits per heavy atom. The second-order valence-corrected chi connectivity index (χ2v) is 7.76. The molecule has 3 rings (SSSR count). The normalized spacial score (nSPS) is 19.9. The lowest BCUT2D eigenvalue weighted by molar-refractivity contribution is 0.204. The quantitative estimate of drug-likeness (QED) is 0.842. The van der Waals surface area contributed by atoms with E-state index >= 15 is 0 Å². The van der Waals surface area contributed by atoms with Crippen LogP contribution in [0.5, 0.6) is 0 Å². The van der Waals surface area contributed by atoms with Crippen LogP contribution < -0.4 is 0 Å². The van der Waals surface area contributed by atoms with Crippen LogP contribution in [0.4, 0.5) is 0 Å². The first kappa shape index (κ1) is 16.6. The maximum Gasteiger partial charge on any atom is 0.0897 e. The van der Waals surface area contributed by atoms with Crippen LogP contribution in [0.1, 0.15) is 34.8 Å². The fourth-order valence-corrected chi connectivity index (χ4v) is 4.15. The minimum absolute atomic E-state index is 0.658. The van der Waals surface area contributed by atoms with Gasteiger partial charge < -0.3 is 0 Å². The van der Waals surface area contributed by atoms with Gasteiger partial charge in [0.2, 0.25) is 0 Å². The van der Waals surface area contributed by atoms with Crippen LogP contribution in [0.3, 0.4) is 0 Å². The Balaban J connectivity index is 1.51. The van der Waals surface area contributed by atoms with Gasteiger partial charge in [-0.1, -0.05) is 6.07 Å². The average molecular weight is 331 g/mol. The summed E-state index contributed by atoms with van der Waals surface area (Å²) in [6.07, 6.45) is 7.71.